The SMILES string of the molecule is [B]OC(=O)C(CCCC)CN1CCN(C)CC1. The molecule has 1 aliphatic rings. The van der Waals surface area contributed by atoms with Gasteiger partial charge in [-0.1, -0.05) is 19.8 Å². The fourth-order valence-electron chi connectivity index (χ4n) is 2.17. The summed E-state index contributed by atoms with van der Waals surface area (Å²) in [7, 11) is 7.12. The monoisotopic (exact) mass is 238 g/mol. The number of likely N-dealkylation sites (N-methyl/N-ethyl adjacent to an activating group) is 1. The Kier molecular flexibility index (Phi) is 6.59. The highest BCUT2D eigenvalue weighted by Gasteiger charge is 2.23. The van der Waals surface area contributed by atoms with E-state index in [1.807, 2.05) is 0 Å². The molecule has 0 saturated carbocycles. The largest absolute Gasteiger partial charge is 0.543 e. The quantitative estimate of drug-likeness (QED) is 0.636. The first kappa shape index (κ1) is 14.5. The van der Waals surface area contributed by atoms with Crippen LogP contribution in [0.2, 0.25) is 0 Å². The second-order valence-electron chi connectivity index (χ2n) is 4.88. The molecule has 1 saturated heterocycles. The lowest BCUT2D eigenvalue weighted by Crippen LogP contribution is -2.47. The van der Waals surface area contributed by atoms with E-state index in [0.29, 0.717) is 0 Å². The summed E-state index contributed by atoms with van der Waals surface area (Å²) in [5, 5.41) is 0. The predicted octanol–water partition coefficient (Wildman–Crippen LogP) is 0.667. The topological polar surface area (TPSA) is 32.8 Å². The second-order valence-corrected chi connectivity index (χ2v) is 4.88. The minimum absolute atomic E-state index is 0.0663. The zero-order valence-corrected chi connectivity index (χ0v) is 11.0. The molecule has 4 nitrogen and oxygen atoms in total. The van der Waals surface area contributed by atoms with Crippen LogP contribution in [0.25, 0.3) is 0 Å². The van der Waals surface area contributed by atoms with E-state index in [4.69, 9.17) is 8.05 Å². The van der Waals surface area contributed by atoms with Crippen LogP contribution in [0.4, 0.5) is 0 Å². The minimum Gasteiger partial charge on any atom is -0.543 e. The van der Waals surface area contributed by atoms with Crippen molar-refractivity contribution in [2.24, 2.45) is 5.92 Å². The molecule has 1 fully saturated rings. The minimum atomic E-state index is -0.266. The van der Waals surface area contributed by atoms with Gasteiger partial charge in [0.15, 0.2) is 0 Å². The smallest absolute Gasteiger partial charge is 0.378 e. The third kappa shape index (κ3) is 5.09. The van der Waals surface area contributed by atoms with Crippen LogP contribution < -0.4 is 0 Å². The molecule has 2 radical (unpaired) electrons. The van der Waals surface area contributed by atoms with Gasteiger partial charge in [0.2, 0.25) is 0 Å². The number of unbranched alkanes of at least 4 members (excludes halogenated alkanes) is 1. The van der Waals surface area contributed by atoms with Crippen LogP contribution in [0.3, 0.4) is 0 Å². The summed E-state index contributed by atoms with van der Waals surface area (Å²) in [5.41, 5.74) is 0. The Morgan fingerprint density at radius 1 is 1.35 bits per heavy atom. The molecular weight excluding hydrogens is 215 g/mol. The first-order valence-corrected chi connectivity index (χ1v) is 6.48. The summed E-state index contributed by atoms with van der Waals surface area (Å²) in [6.07, 6.45) is 3.02. The third-order valence-corrected chi connectivity index (χ3v) is 3.43. The Morgan fingerprint density at radius 2 is 2.00 bits per heavy atom. The maximum absolute atomic E-state index is 11.6. The summed E-state index contributed by atoms with van der Waals surface area (Å²) in [5.74, 6) is -0.333. The highest BCUT2D eigenvalue weighted by molar-refractivity contribution is 6.05. The fourth-order valence-corrected chi connectivity index (χ4v) is 2.17. The molecule has 1 heterocycles. The van der Waals surface area contributed by atoms with Gasteiger partial charge in [0, 0.05) is 32.7 Å². The Labute approximate surface area is 106 Å². The first-order chi connectivity index (χ1) is 8.17. The third-order valence-electron chi connectivity index (χ3n) is 3.43. The molecule has 0 N–H and O–H groups in total. The highest BCUT2D eigenvalue weighted by atomic mass is 16.5. The summed E-state index contributed by atoms with van der Waals surface area (Å²) in [4.78, 5) is 16.2. The average molecular weight is 238 g/mol. The molecule has 1 atom stereocenters. The number of hydrogen-bond donors (Lipinski definition) is 0. The van der Waals surface area contributed by atoms with Crippen LogP contribution in [-0.2, 0) is 9.45 Å². The van der Waals surface area contributed by atoms with Crippen molar-refractivity contribution in [2.45, 2.75) is 26.2 Å². The fraction of sp³-hybridized carbons (Fsp3) is 0.917. The van der Waals surface area contributed by atoms with Crippen molar-refractivity contribution in [1.29, 1.82) is 0 Å². The molecule has 1 unspecified atom stereocenters. The van der Waals surface area contributed by atoms with Crippen LogP contribution >= 0.6 is 0 Å². The van der Waals surface area contributed by atoms with Crippen molar-refractivity contribution >= 4 is 14.0 Å². The standard InChI is InChI=1S/C12H23BN2O2/c1-3-4-5-11(12(16)17-13)10-15-8-6-14(2)7-9-15/h11H,3-10H2,1-2H3. The van der Waals surface area contributed by atoms with Crippen LogP contribution in [0.5, 0.6) is 0 Å². The summed E-state index contributed by atoms with van der Waals surface area (Å²) < 4.78 is 4.40. The van der Waals surface area contributed by atoms with Crippen molar-refractivity contribution in [3.63, 3.8) is 0 Å². The van der Waals surface area contributed by atoms with Gasteiger partial charge < -0.3 is 9.55 Å². The number of carbonyl (C=O) groups excluding carboxylic acids is 1. The van der Waals surface area contributed by atoms with Gasteiger partial charge in [0.05, 0.1) is 5.92 Å². The van der Waals surface area contributed by atoms with E-state index >= 15 is 0 Å². The molecule has 5 heteroatoms. The maximum Gasteiger partial charge on any atom is 0.378 e. The van der Waals surface area contributed by atoms with Crippen molar-refractivity contribution in [2.75, 3.05) is 39.8 Å². The average Bonchev–Trinajstić information content (AvgIpc) is 2.36. The van der Waals surface area contributed by atoms with E-state index < -0.39 is 0 Å². The van der Waals surface area contributed by atoms with Gasteiger partial charge in [-0.3, -0.25) is 9.69 Å². The molecule has 0 bridgehead atoms. The lowest BCUT2D eigenvalue weighted by molar-refractivity contribution is -0.139. The molecule has 0 aromatic rings. The number of rotatable bonds is 6. The molecule has 0 aromatic heterocycles. The molecule has 1 aliphatic heterocycles. The molecular formula is C12H23BN2O2. The first-order valence-electron chi connectivity index (χ1n) is 6.48. The molecule has 96 valence electrons. The number of piperazine rings is 1. The van der Waals surface area contributed by atoms with Crippen molar-refractivity contribution in [3.05, 3.63) is 0 Å². The number of nitrogens with zero attached hydrogens (tertiary/aromatic N) is 2. The van der Waals surface area contributed by atoms with Gasteiger partial charge in [0.25, 0.3) is 5.97 Å². The van der Waals surface area contributed by atoms with Gasteiger partial charge in [0.1, 0.15) is 0 Å². The zero-order valence-electron chi connectivity index (χ0n) is 11.0. The van der Waals surface area contributed by atoms with Gasteiger partial charge in [-0.25, -0.2) is 0 Å². The summed E-state index contributed by atoms with van der Waals surface area (Å²) in [6.45, 7) is 7.09. The van der Waals surface area contributed by atoms with E-state index in [1.165, 1.54) is 0 Å². The van der Waals surface area contributed by atoms with Crippen LogP contribution in [0, 0.1) is 5.92 Å². The molecule has 0 aliphatic carbocycles. The lowest BCUT2D eigenvalue weighted by atomic mass is 10.0. The van der Waals surface area contributed by atoms with E-state index in [1.54, 1.807) is 0 Å². The highest BCUT2D eigenvalue weighted by Crippen LogP contribution is 2.13. The molecule has 0 amide bonds. The van der Waals surface area contributed by atoms with Gasteiger partial charge in [-0.2, -0.15) is 0 Å². The van der Waals surface area contributed by atoms with Gasteiger partial charge >= 0.3 is 8.05 Å². The Morgan fingerprint density at radius 3 is 2.53 bits per heavy atom. The van der Waals surface area contributed by atoms with Crippen LogP contribution in [0.15, 0.2) is 0 Å². The van der Waals surface area contributed by atoms with E-state index in [2.05, 4.69) is 28.4 Å². The second kappa shape index (κ2) is 7.72. The van der Waals surface area contributed by atoms with Gasteiger partial charge in [-0.15, -0.1) is 0 Å². The molecule has 1 rings (SSSR count). The van der Waals surface area contributed by atoms with Crippen molar-refractivity contribution in [1.82, 2.24) is 9.80 Å². The van der Waals surface area contributed by atoms with E-state index in [0.717, 1.165) is 52.0 Å². The Balaban J connectivity index is 2.39. The lowest BCUT2D eigenvalue weighted by Gasteiger charge is -2.34. The van der Waals surface area contributed by atoms with E-state index in [-0.39, 0.29) is 11.9 Å². The van der Waals surface area contributed by atoms with E-state index in [9.17, 15) is 4.79 Å². The van der Waals surface area contributed by atoms with Crippen molar-refractivity contribution < 1.29 is 9.45 Å². The molecule has 0 spiro atoms. The number of carbonyl (C=O) groups is 1. The van der Waals surface area contributed by atoms with Crippen LogP contribution in [-0.4, -0.2) is 63.6 Å². The maximum atomic E-state index is 11.6. The zero-order chi connectivity index (χ0) is 12.7. The Hall–Kier alpha value is -0.545. The summed E-state index contributed by atoms with van der Waals surface area (Å²) in [6, 6.07) is 0. The number of hydrogen-bond acceptors (Lipinski definition) is 4. The normalized spacial score (nSPS) is 20.1. The Bertz CT molecular complexity index is 231. The summed E-state index contributed by atoms with van der Waals surface area (Å²) >= 11 is 0. The van der Waals surface area contributed by atoms with Crippen LogP contribution in [0.1, 0.15) is 26.2 Å². The molecule has 0 aromatic carbocycles. The van der Waals surface area contributed by atoms with Crippen molar-refractivity contribution in [3.8, 4) is 0 Å². The van der Waals surface area contributed by atoms with Gasteiger partial charge in [-0.05, 0) is 13.5 Å². The molecule has 17 heavy (non-hydrogen) atoms. The predicted molar refractivity (Wildman–Crippen MR) is 68.8 cm³/mol.